The second-order valence-electron chi connectivity index (χ2n) is 8.49. The van der Waals surface area contributed by atoms with Crippen LogP contribution in [0.1, 0.15) is 50.2 Å². The minimum Gasteiger partial charge on any atom is -0.484 e. The SMILES string of the molecule is CCC(=NOCc1ccc(F)cc1)c1ccc(OCC(=O)N2CCC3(CC2)CC3)cc1. The minimum atomic E-state index is -0.270. The predicted octanol–water partition coefficient (Wildman–Crippen LogP) is 4.94. The standard InChI is InChI=1S/C25H29FN2O3/c1-2-23(27-31-17-19-3-7-21(26)8-4-19)20-5-9-22(10-6-20)30-18-24(29)28-15-13-25(11-12-25)14-16-28/h3-10H,2,11-18H2,1H3. The molecule has 1 spiro atoms. The van der Waals surface area contributed by atoms with Gasteiger partial charge in [-0.2, -0.15) is 0 Å². The number of piperidine rings is 1. The van der Waals surface area contributed by atoms with E-state index in [0.717, 1.165) is 42.8 Å². The first-order valence-electron chi connectivity index (χ1n) is 11.0. The lowest BCUT2D eigenvalue weighted by Crippen LogP contribution is -2.41. The van der Waals surface area contributed by atoms with Gasteiger partial charge < -0.3 is 14.5 Å². The Hall–Kier alpha value is -2.89. The van der Waals surface area contributed by atoms with E-state index in [1.807, 2.05) is 36.1 Å². The van der Waals surface area contributed by atoms with Crippen LogP contribution in [0.3, 0.4) is 0 Å². The summed E-state index contributed by atoms with van der Waals surface area (Å²) in [6.07, 6.45) is 5.64. The fourth-order valence-corrected chi connectivity index (χ4v) is 3.97. The van der Waals surface area contributed by atoms with Crippen LogP contribution in [-0.4, -0.2) is 36.2 Å². The molecule has 2 fully saturated rings. The highest BCUT2D eigenvalue weighted by Gasteiger charge is 2.45. The molecule has 1 amide bonds. The number of oxime groups is 1. The largest absolute Gasteiger partial charge is 0.484 e. The average Bonchev–Trinajstić information content (AvgIpc) is 3.56. The molecule has 31 heavy (non-hydrogen) atoms. The molecule has 2 aliphatic rings. The summed E-state index contributed by atoms with van der Waals surface area (Å²) in [6, 6.07) is 13.7. The second-order valence-corrected chi connectivity index (χ2v) is 8.49. The van der Waals surface area contributed by atoms with Crippen LogP contribution in [0.5, 0.6) is 5.75 Å². The van der Waals surface area contributed by atoms with Gasteiger partial charge in [-0.1, -0.05) is 24.2 Å². The molecule has 6 heteroatoms. The first kappa shape index (κ1) is 21.3. The maximum absolute atomic E-state index is 13.0. The zero-order valence-electron chi connectivity index (χ0n) is 18.0. The van der Waals surface area contributed by atoms with Crippen molar-refractivity contribution in [2.45, 2.75) is 45.6 Å². The quantitative estimate of drug-likeness (QED) is 0.446. The molecule has 2 aromatic carbocycles. The molecule has 5 nitrogen and oxygen atoms in total. The smallest absolute Gasteiger partial charge is 0.260 e. The molecule has 0 N–H and O–H groups in total. The van der Waals surface area contributed by atoms with Gasteiger partial charge in [0.15, 0.2) is 6.61 Å². The highest BCUT2D eigenvalue weighted by molar-refractivity contribution is 6.00. The fourth-order valence-electron chi connectivity index (χ4n) is 3.97. The molecule has 0 unspecified atom stereocenters. The Morgan fingerprint density at radius 1 is 1.03 bits per heavy atom. The number of amides is 1. The molecule has 1 aliphatic heterocycles. The van der Waals surface area contributed by atoms with E-state index in [-0.39, 0.29) is 24.9 Å². The maximum Gasteiger partial charge on any atom is 0.260 e. The Labute approximate surface area is 182 Å². The van der Waals surface area contributed by atoms with E-state index in [1.165, 1.54) is 25.0 Å². The fraction of sp³-hybridized carbons (Fsp3) is 0.440. The third kappa shape index (κ3) is 5.63. The molecule has 4 rings (SSSR count). The maximum atomic E-state index is 13.0. The van der Waals surface area contributed by atoms with E-state index < -0.39 is 0 Å². The number of benzene rings is 2. The highest BCUT2D eigenvalue weighted by Crippen LogP contribution is 2.53. The summed E-state index contributed by atoms with van der Waals surface area (Å²) in [6.45, 7) is 4.07. The molecule has 164 valence electrons. The predicted molar refractivity (Wildman–Crippen MR) is 117 cm³/mol. The highest BCUT2D eigenvalue weighted by atomic mass is 19.1. The van der Waals surface area contributed by atoms with Gasteiger partial charge in [-0.15, -0.1) is 0 Å². The third-order valence-corrected chi connectivity index (χ3v) is 6.34. The van der Waals surface area contributed by atoms with Gasteiger partial charge in [-0.05, 0) is 85.0 Å². The van der Waals surface area contributed by atoms with Gasteiger partial charge in [0.25, 0.3) is 5.91 Å². The monoisotopic (exact) mass is 424 g/mol. The van der Waals surface area contributed by atoms with Gasteiger partial charge in [-0.3, -0.25) is 4.79 Å². The zero-order chi connectivity index (χ0) is 21.7. The summed E-state index contributed by atoms with van der Waals surface area (Å²) in [4.78, 5) is 19.8. The molecule has 2 aromatic rings. The van der Waals surface area contributed by atoms with Crippen LogP contribution >= 0.6 is 0 Å². The molecule has 0 aromatic heterocycles. The van der Waals surface area contributed by atoms with Crippen LogP contribution in [0.2, 0.25) is 0 Å². The van der Waals surface area contributed by atoms with Crippen molar-refractivity contribution < 1.29 is 18.8 Å². The summed E-state index contributed by atoms with van der Waals surface area (Å²) in [5.41, 5.74) is 3.17. The molecule has 1 saturated heterocycles. The van der Waals surface area contributed by atoms with Crippen molar-refractivity contribution in [3.8, 4) is 5.75 Å². The third-order valence-electron chi connectivity index (χ3n) is 6.34. The second kappa shape index (κ2) is 9.50. The molecule has 0 radical (unpaired) electrons. The average molecular weight is 425 g/mol. The summed E-state index contributed by atoms with van der Waals surface area (Å²) in [5.74, 6) is 0.452. The van der Waals surface area contributed by atoms with E-state index in [9.17, 15) is 9.18 Å². The number of carbonyl (C=O) groups is 1. The first-order chi connectivity index (χ1) is 15.1. The Morgan fingerprint density at radius 2 is 1.71 bits per heavy atom. The normalized spacial score (nSPS) is 17.5. The number of rotatable bonds is 8. The zero-order valence-corrected chi connectivity index (χ0v) is 18.0. The van der Waals surface area contributed by atoms with Crippen molar-refractivity contribution >= 4 is 11.6 Å². The lowest BCUT2D eigenvalue weighted by molar-refractivity contribution is -0.134. The number of nitrogens with zero attached hydrogens (tertiary/aromatic N) is 2. The first-order valence-corrected chi connectivity index (χ1v) is 11.0. The van der Waals surface area contributed by atoms with Crippen LogP contribution < -0.4 is 4.74 Å². The molecular weight excluding hydrogens is 395 g/mol. The molecule has 1 saturated carbocycles. The number of ether oxygens (including phenoxy) is 1. The van der Waals surface area contributed by atoms with E-state index in [4.69, 9.17) is 9.57 Å². The van der Waals surface area contributed by atoms with Crippen LogP contribution in [-0.2, 0) is 16.2 Å². The number of carbonyl (C=O) groups excluding carboxylic acids is 1. The van der Waals surface area contributed by atoms with Gasteiger partial charge in [0.2, 0.25) is 0 Å². The lowest BCUT2D eigenvalue weighted by Gasteiger charge is -2.32. The Kier molecular flexibility index (Phi) is 6.54. The van der Waals surface area contributed by atoms with Crippen LogP contribution in [0.15, 0.2) is 53.7 Å². The van der Waals surface area contributed by atoms with Gasteiger partial charge in [0.05, 0.1) is 5.71 Å². The van der Waals surface area contributed by atoms with Crippen molar-refractivity contribution in [1.29, 1.82) is 0 Å². The van der Waals surface area contributed by atoms with E-state index in [1.54, 1.807) is 12.1 Å². The molecule has 0 atom stereocenters. The Morgan fingerprint density at radius 3 is 2.32 bits per heavy atom. The number of likely N-dealkylation sites (tertiary alicyclic amines) is 1. The molecule has 1 heterocycles. The van der Waals surface area contributed by atoms with Crippen molar-refractivity contribution in [1.82, 2.24) is 4.90 Å². The van der Waals surface area contributed by atoms with Gasteiger partial charge >= 0.3 is 0 Å². The summed E-state index contributed by atoms with van der Waals surface area (Å²) in [5, 5.41) is 4.23. The van der Waals surface area contributed by atoms with E-state index >= 15 is 0 Å². The Balaban J connectivity index is 1.26. The molecule has 1 aliphatic carbocycles. The summed E-state index contributed by atoms with van der Waals surface area (Å²) >= 11 is 0. The van der Waals surface area contributed by atoms with Gasteiger partial charge in [0, 0.05) is 13.1 Å². The van der Waals surface area contributed by atoms with Crippen LogP contribution in [0, 0.1) is 11.2 Å². The van der Waals surface area contributed by atoms with E-state index in [0.29, 0.717) is 17.6 Å². The van der Waals surface area contributed by atoms with Gasteiger partial charge in [-0.25, -0.2) is 4.39 Å². The minimum absolute atomic E-state index is 0.0598. The van der Waals surface area contributed by atoms with Crippen molar-refractivity contribution in [3.05, 3.63) is 65.5 Å². The van der Waals surface area contributed by atoms with Crippen molar-refractivity contribution in [3.63, 3.8) is 0 Å². The molecular formula is C25H29FN2O3. The van der Waals surface area contributed by atoms with E-state index in [2.05, 4.69) is 5.16 Å². The number of halogens is 1. The van der Waals surface area contributed by atoms with Gasteiger partial charge in [0.1, 0.15) is 18.2 Å². The Bertz CT molecular complexity index is 911. The lowest BCUT2D eigenvalue weighted by atomic mass is 9.94. The number of hydrogen-bond donors (Lipinski definition) is 0. The number of hydrogen-bond acceptors (Lipinski definition) is 4. The van der Waals surface area contributed by atoms with Crippen LogP contribution in [0.4, 0.5) is 4.39 Å². The summed E-state index contributed by atoms with van der Waals surface area (Å²) < 4.78 is 18.7. The summed E-state index contributed by atoms with van der Waals surface area (Å²) in [7, 11) is 0. The van der Waals surface area contributed by atoms with Crippen molar-refractivity contribution in [2.75, 3.05) is 19.7 Å². The molecule has 0 bridgehead atoms. The topological polar surface area (TPSA) is 51.1 Å². The van der Waals surface area contributed by atoms with Crippen molar-refractivity contribution in [2.24, 2.45) is 10.6 Å². The van der Waals surface area contributed by atoms with Crippen LogP contribution in [0.25, 0.3) is 0 Å².